The van der Waals surface area contributed by atoms with Gasteiger partial charge in [0.25, 0.3) is 0 Å². The summed E-state index contributed by atoms with van der Waals surface area (Å²) in [5, 5.41) is 0. The van der Waals surface area contributed by atoms with Crippen molar-refractivity contribution in [2.24, 2.45) is 0 Å². The van der Waals surface area contributed by atoms with Crippen LogP contribution in [0.3, 0.4) is 0 Å². The van der Waals surface area contributed by atoms with Crippen LogP contribution in [0.2, 0.25) is 0 Å². The minimum atomic E-state index is -0.546. The maximum Gasteiger partial charge on any atom is 0.186 e. The Labute approximate surface area is 92.4 Å². The quantitative estimate of drug-likeness (QED) is 0.829. The van der Waals surface area contributed by atoms with Crippen molar-refractivity contribution < 1.29 is 4.39 Å². The number of nitrogens with two attached hydrogens (primary N) is 1. The number of nitrogen functional groups attached to an aromatic ring is 1. The summed E-state index contributed by atoms with van der Waals surface area (Å²) < 4.78 is 13.2. The molecule has 0 radical (unpaired) electrons. The lowest BCUT2D eigenvalue weighted by Gasteiger charge is -2.04. The van der Waals surface area contributed by atoms with Gasteiger partial charge in [-0.1, -0.05) is 6.07 Å². The van der Waals surface area contributed by atoms with Crippen molar-refractivity contribution in [2.45, 2.75) is 13.3 Å². The lowest BCUT2D eigenvalue weighted by molar-refractivity contribution is 0.603. The van der Waals surface area contributed by atoms with E-state index in [1.807, 2.05) is 12.1 Å². The summed E-state index contributed by atoms with van der Waals surface area (Å²) in [6.45, 7) is 1.57. The summed E-state index contributed by atoms with van der Waals surface area (Å²) in [5.41, 5.74) is 6.67. The molecule has 0 fully saturated rings. The zero-order chi connectivity index (χ0) is 11.5. The Morgan fingerprint density at radius 2 is 2.19 bits per heavy atom. The molecule has 2 N–H and O–H groups in total. The second-order valence-electron chi connectivity index (χ2n) is 3.46. The van der Waals surface area contributed by atoms with Gasteiger partial charge in [-0.05, 0) is 18.6 Å². The van der Waals surface area contributed by atoms with Gasteiger partial charge in [-0.15, -0.1) is 0 Å². The van der Waals surface area contributed by atoms with Gasteiger partial charge in [-0.25, -0.2) is 14.4 Å². The number of aromatic nitrogens is 3. The van der Waals surface area contributed by atoms with Gasteiger partial charge in [0.2, 0.25) is 0 Å². The molecule has 5 heteroatoms. The topological polar surface area (TPSA) is 64.7 Å². The molecule has 0 aliphatic carbocycles. The number of aryl methyl sites for hydroxylation is 1. The first-order valence-electron chi connectivity index (χ1n) is 4.84. The summed E-state index contributed by atoms with van der Waals surface area (Å²) in [7, 11) is 0. The first kappa shape index (κ1) is 10.5. The van der Waals surface area contributed by atoms with Crippen molar-refractivity contribution >= 4 is 5.82 Å². The molecule has 16 heavy (non-hydrogen) atoms. The average Bonchev–Trinajstić information content (AvgIpc) is 2.27. The van der Waals surface area contributed by atoms with Crippen LogP contribution in [0.15, 0.2) is 24.5 Å². The highest BCUT2D eigenvalue weighted by Gasteiger charge is 2.08. The highest BCUT2D eigenvalue weighted by molar-refractivity contribution is 5.32. The largest absolute Gasteiger partial charge is 0.381 e. The van der Waals surface area contributed by atoms with E-state index in [2.05, 4.69) is 15.0 Å². The molecule has 0 aromatic carbocycles. The molecule has 0 amide bonds. The molecule has 82 valence electrons. The minimum Gasteiger partial charge on any atom is -0.381 e. The number of halogens is 1. The summed E-state index contributed by atoms with van der Waals surface area (Å²) in [5.74, 6) is -0.147. The summed E-state index contributed by atoms with van der Waals surface area (Å²) >= 11 is 0. The predicted molar refractivity (Wildman–Crippen MR) is 58.2 cm³/mol. The van der Waals surface area contributed by atoms with Gasteiger partial charge in [0.1, 0.15) is 5.82 Å². The van der Waals surface area contributed by atoms with E-state index in [1.54, 1.807) is 19.3 Å². The van der Waals surface area contributed by atoms with Crippen LogP contribution >= 0.6 is 0 Å². The molecule has 0 spiro atoms. The summed E-state index contributed by atoms with van der Waals surface area (Å²) in [6.07, 6.45) is 3.91. The number of rotatable bonds is 2. The van der Waals surface area contributed by atoms with Gasteiger partial charge in [0, 0.05) is 18.8 Å². The molecule has 0 atom stereocenters. The number of anilines is 1. The Balaban J connectivity index is 2.29. The Bertz CT molecular complexity index is 476. The molecule has 2 rings (SSSR count). The Morgan fingerprint density at radius 3 is 2.81 bits per heavy atom. The standard InChI is InChI=1S/C11H11FN4/c1-7-10(12)11(13)16-9(15-7)5-8-3-2-4-14-6-8/h2-4,6H,5H2,1H3,(H2,13,15,16). The van der Waals surface area contributed by atoms with Crippen LogP contribution in [-0.2, 0) is 6.42 Å². The molecule has 0 unspecified atom stereocenters. The van der Waals surface area contributed by atoms with E-state index in [4.69, 9.17) is 5.73 Å². The van der Waals surface area contributed by atoms with E-state index < -0.39 is 5.82 Å². The zero-order valence-corrected chi connectivity index (χ0v) is 8.81. The fraction of sp³-hybridized carbons (Fsp3) is 0.182. The van der Waals surface area contributed by atoms with E-state index in [1.165, 1.54) is 0 Å². The molecule has 4 nitrogen and oxygen atoms in total. The van der Waals surface area contributed by atoms with Crippen molar-refractivity contribution in [1.29, 1.82) is 0 Å². The van der Waals surface area contributed by atoms with Crippen LogP contribution in [0.4, 0.5) is 10.2 Å². The Hall–Kier alpha value is -2.04. The van der Waals surface area contributed by atoms with Crippen molar-refractivity contribution in [1.82, 2.24) is 15.0 Å². The smallest absolute Gasteiger partial charge is 0.186 e. The SMILES string of the molecule is Cc1nc(Cc2cccnc2)nc(N)c1F. The summed E-state index contributed by atoms with van der Waals surface area (Å²) in [4.78, 5) is 11.9. The van der Waals surface area contributed by atoms with Gasteiger partial charge < -0.3 is 5.73 Å². The lowest BCUT2D eigenvalue weighted by Crippen LogP contribution is -2.06. The van der Waals surface area contributed by atoms with Crippen LogP contribution in [0, 0.1) is 12.7 Å². The van der Waals surface area contributed by atoms with E-state index in [9.17, 15) is 4.39 Å². The van der Waals surface area contributed by atoms with Crippen molar-refractivity contribution in [3.8, 4) is 0 Å². The molecule has 0 bridgehead atoms. The normalized spacial score (nSPS) is 10.4. The third-order valence-corrected chi connectivity index (χ3v) is 2.17. The number of hydrogen-bond acceptors (Lipinski definition) is 4. The molecule has 0 aliphatic rings. The second-order valence-corrected chi connectivity index (χ2v) is 3.46. The van der Waals surface area contributed by atoms with E-state index >= 15 is 0 Å². The summed E-state index contributed by atoms with van der Waals surface area (Å²) in [6, 6.07) is 3.74. The van der Waals surface area contributed by atoms with Gasteiger partial charge in [0.15, 0.2) is 11.6 Å². The monoisotopic (exact) mass is 218 g/mol. The number of pyridine rings is 1. The van der Waals surface area contributed by atoms with Crippen LogP contribution in [0.25, 0.3) is 0 Å². The molecule has 2 aromatic rings. The van der Waals surface area contributed by atoms with Crippen molar-refractivity contribution in [3.05, 3.63) is 47.4 Å². The molecular weight excluding hydrogens is 207 g/mol. The highest BCUT2D eigenvalue weighted by atomic mass is 19.1. The van der Waals surface area contributed by atoms with Crippen molar-refractivity contribution in [3.63, 3.8) is 0 Å². The third-order valence-electron chi connectivity index (χ3n) is 2.17. The fourth-order valence-electron chi connectivity index (χ4n) is 1.41. The molecule has 0 aliphatic heterocycles. The Kier molecular flexibility index (Phi) is 2.76. The second kappa shape index (κ2) is 4.22. The van der Waals surface area contributed by atoms with Gasteiger partial charge in [-0.2, -0.15) is 0 Å². The minimum absolute atomic E-state index is 0.105. The van der Waals surface area contributed by atoms with Crippen LogP contribution in [0.1, 0.15) is 17.1 Å². The van der Waals surface area contributed by atoms with Crippen LogP contribution in [-0.4, -0.2) is 15.0 Å². The third kappa shape index (κ3) is 2.13. The number of nitrogens with zero attached hydrogens (tertiary/aromatic N) is 3. The van der Waals surface area contributed by atoms with Crippen molar-refractivity contribution in [2.75, 3.05) is 5.73 Å². The van der Waals surface area contributed by atoms with Crippen LogP contribution in [0.5, 0.6) is 0 Å². The van der Waals surface area contributed by atoms with Gasteiger partial charge in [-0.3, -0.25) is 4.98 Å². The van der Waals surface area contributed by atoms with Crippen LogP contribution < -0.4 is 5.73 Å². The highest BCUT2D eigenvalue weighted by Crippen LogP contribution is 2.12. The molecule has 2 aromatic heterocycles. The zero-order valence-electron chi connectivity index (χ0n) is 8.81. The first-order valence-corrected chi connectivity index (χ1v) is 4.84. The molecular formula is C11H11FN4. The molecule has 0 saturated carbocycles. The number of hydrogen-bond donors (Lipinski definition) is 1. The molecule has 2 heterocycles. The van der Waals surface area contributed by atoms with Gasteiger partial charge in [0.05, 0.1) is 5.69 Å². The van der Waals surface area contributed by atoms with E-state index in [-0.39, 0.29) is 11.5 Å². The Morgan fingerprint density at radius 1 is 1.38 bits per heavy atom. The average molecular weight is 218 g/mol. The lowest BCUT2D eigenvalue weighted by atomic mass is 10.2. The first-order chi connectivity index (χ1) is 7.66. The van der Waals surface area contributed by atoms with E-state index in [0.29, 0.717) is 12.2 Å². The van der Waals surface area contributed by atoms with Gasteiger partial charge >= 0.3 is 0 Å². The predicted octanol–water partition coefficient (Wildman–Crippen LogP) is 1.49. The molecule has 0 saturated heterocycles. The fourth-order valence-corrected chi connectivity index (χ4v) is 1.41. The maximum atomic E-state index is 13.2. The maximum absolute atomic E-state index is 13.2. The van der Waals surface area contributed by atoms with E-state index in [0.717, 1.165) is 5.56 Å².